The molecule has 1 N–H and O–H groups in total. The Morgan fingerprint density at radius 1 is 1.21 bits per heavy atom. The van der Waals surface area contributed by atoms with E-state index in [-0.39, 0.29) is 0 Å². The quantitative estimate of drug-likeness (QED) is 0.293. The van der Waals surface area contributed by atoms with Crippen LogP contribution in [0.15, 0.2) is 30.3 Å². The molecule has 1 nitrogen and oxygen atoms in total. The second kappa shape index (κ2) is 17.3. The van der Waals surface area contributed by atoms with Crippen molar-refractivity contribution in [3.05, 3.63) is 30.3 Å². The predicted octanol–water partition coefficient (Wildman–Crippen LogP) is 4.59. The van der Waals surface area contributed by atoms with E-state index >= 15 is 0 Å². The van der Waals surface area contributed by atoms with E-state index in [4.69, 9.17) is 4.89 Å². The molecular formula is C9H16I2IrOP. The molecule has 0 saturated carbocycles. The van der Waals surface area contributed by atoms with E-state index in [2.05, 4.69) is 39.2 Å². The first-order valence-electron chi connectivity index (χ1n) is 4.17. The van der Waals surface area contributed by atoms with Crippen LogP contribution in [0, 0.1) is 0 Å². The Morgan fingerprint density at radius 3 is 1.64 bits per heavy atom. The third-order valence-electron chi connectivity index (χ3n) is 1.29. The fraction of sp³-hybridized carbons (Fsp3) is 0.444. The summed E-state index contributed by atoms with van der Waals surface area (Å²) in [7, 11) is -0.136. The maximum absolute atomic E-state index is 8.73. The summed E-state index contributed by atoms with van der Waals surface area (Å²) >= 11 is 4.80. The molecular weight excluding hydrogens is 601 g/mol. The summed E-state index contributed by atoms with van der Waals surface area (Å²) in [6, 6.07) is 10.0. The van der Waals surface area contributed by atoms with E-state index in [1.54, 1.807) is 0 Å². The molecule has 0 amide bonds. The van der Waals surface area contributed by atoms with Crippen LogP contribution < -0.4 is 0 Å². The number of halogens is 2. The van der Waals surface area contributed by atoms with Gasteiger partial charge in [-0.1, -0.05) is 13.8 Å². The first-order valence-corrected chi connectivity index (χ1v) is 19.4. The Balaban J connectivity index is 0. The fourth-order valence-corrected chi connectivity index (χ4v) is 0.992. The minimum atomic E-state index is -0.576. The van der Waals surface area contributed by atoms with Crippen molar-refractivity contribution in [1.29, 1.82) is 0 Å². The van der Waals surface area contributed by atoms with Crippen LogP contribution in [0.1, 0.15) is 13.8 Å². The van der Waals surface area contributed by atoms with E-state index in [1.807, 2.05) is 44.2 Å². The molecule has 5 heteroatoms. The average molecular weight is 617 g/mol. The molecule has 1 aromatic rings. The summed E-state index contributed by atoms with van der Waals surface area (Å²) in [6.45, 7) is 4.02. The molecule has 14 heavy (non-hydrogen) atoms. The molecule has 86 valence electrons. The number of hydrogen-bond acceptors (Lipinski definition) is 1. The predicted molar refractivity (Wildman–Crippen MR) is 80.3 cm³/mol. The molecule has 1 aromatic carbocycles. The zero-order chi connectivity index (χ0) is 11.2. The van der Waals surface area contributed by atoms with Crippen LogP contribution in [0.25, 0.3) is 0 Å². The molecule has 0 bridgehead atoms. The third-order valence-corrected chi connectivity index (χ3v) is 2.75. The SMILES string of the molecule is CCP(O)CC.[I][Ir+][I].c1cc[cH-]c1. The van der Waals surface area contributed by atoms with Gasteiger partial charge in [-0.05, 0) is 12.3 Å². The summed E-state index contributed by atoms with van der Waals surface area (Å²) in [6.07, 6.45) is 1.90. The van der Waals surface area contributed by atoms with Crippen molar-refractivity contribution in [2.75, 3.05) is 12.3 Å². The van der Waals surface area contributed by atoms with Crippen LogP contribution in [-0.4, -0.2) is 17.2 Å². The van der Waals surface area contributed by atoms with Crippen molar-refractivity contribution in [2.45, 2.75) is 13.8 Å². The van der Waals surface area contributed by atoms with Gasteiger partial charge in [-0.15, -0.1) is 0 Å². The maximum Gasteiger partial charge on any atom is -0.172 e. The van der Waals surface area contributed by atoms with Gasteiger partial charge in [0.25, 0.3) is 0 Å². The average Bonchev–Trinajstić information content (AvgIpc) is 2.76. The molecule has 0 aliphatic heterocycles. The molecule has 0 aliphatic carbocycles. The Labute approximate surface area is 118 Å². The Kier molecular flexibility index (Phi) is 22.5. The Morgan fingerprint density at radius 2 is 1.57 bits per heavy atom. The van der Waals surface area contributed by atoms with Crippen LogP contribution in [0.4, 0.5) is 0 Å². The number of rotatable bonds is 2. The van der Waals surface area contributed by atoms with Crippen LogP contribution in [0.3, 0.4) is 0 Å². The van der Waals surface area contributed by atoms with Gasteiger partial charge in [-0.3, -0.25) is 0 Å². The van der Waals surface area contributed by atoms with Gasteiger partial charge >= 0.3 is 49.7 Å². The molecule has 0 atom stereocenters. The maximum atomic E-state index is 8.73. The molecule has 0 radical (unpaired) electrons. The zero-order valence-electron chi connectivity index (χ0n) is 8.28. The van der Waals surface area contributed by atoms with Gasteiger partial charge in [0.1, 0.15) is 0 Å². The van der Waals surface area contributed by atoms with E-state index in [0.717, 1.165) is 12.3 Å². The monoisotopic (exact) mass is 618 g/mol. The standard InChI is InChI=1S/C5H5.C4H11OP.2HI.Ir/c1-2-4-5-3-1;1-3-6(5)4-2;;;/h1-5H;5H,3-4H2,1-2H3;2*1H;/q-1;;;;+3/p-2. The minimum absolute atomic E-state index is 0.440. The van der Waals surface area contributed by atoms with Crippen LogP contribution in [0.2, 0.25) is 0 Å². The molecule has 0 spiro atoms. The smallest absolute Gasteiger partial charge is 0.172 e. The van der Waals surface area contributed by atoms with E-state index in [1.165, 1.54) is 0 Å². The van der Waals surface area contributed by atoms with Gasteiger partial charge in [0, 0.05) is 8.15 Å². The summed E-state index contributed by atoms with van der Waals surface area (Å²) < 4.78 is 0. The van der Waals surface area contributed by atoms with Crippen molar-refractivity contribution in [3.63, 3.8) is 0 Å². The molecule has 0 aromatic heterocycles. The second-order valence-corrected chi connectivity index (χ2v) is 21.9. The molecule has 0 saturated heterocycles. The van der Waals surface area contributed by atoms with Gasteiger partial charge in [0.2, 0.25) is 0 Å². The van der Waals surface area contributed by atoms with E-state index in [9.17, 15) is 0 Å². The van der Waals surface area contributed by atoms with E-state index in [0.29, 0.717) is 10.5 Å². The minimum Gasteiger partial charge on any atom is -0.214 e. The third kappa shape index (κ3) is 19.4. The zero-order valence-corrected chi connectivity index (χ0v) is 15.9. The van der Waals surface area contributed by atoms with Crippen molar-refractivity contribution in [2.24, 2.45) is 0 Å². The molecule has 0 aliphatic rings. The van der Waals surface area contributed by atoms with Gasteiger partial charge in [-0.2, -0.15) is 18.2 Å². The van der Waals surface area contributed by atoms with Crippen molar-refractivity contribution in [3.8, 4) is 0 Å². The van der Waals surface area contributed by atoms with Gasteiger partial charge in [0.15, 0.2) is 0 Å². The summed E-state index contributed by atoms with van der Waals surface area (Å²) in [5, 5.41) is 0. The topological polar surface area (TPSA) is 20.2 Å². The first kappa shape index (κ1) is 18.2. The number of hydrogen-bond donors (Lipinski definition) is 1. The Hall–Kier alpha value is 1.85. The van der Waals surface area contributed by atoms with Crippen LogP contribution in [0.5, 0.6) is 0 Å². The molecule has 0 unspecified atom stereocenters. The van der Waals surface area contributed by atoms with Crippen molar-refractivity contribution < 1.29 is 15.4 Å². The molecule has 0 heterocycles. The summed E-state index contributed by atoms with van der Waals surface area (Å²) in [5.74, 6) is 0. The van der Waals surface area contributed by atoms with E-state index < -0.39 is 8.15 Å². The van der Waals surface area contributed by atoms with Gasteiger partial charge in [0.05, 0.1) is 0 Å². The van der Waals surface area contributed by atoms with Gasteiger partial charge < -0.3 is 4.89 Å². The van der Waals surface area contributed by atoms with Gasteiger partial charge in [-0.25, -0.2) is 12.1 Å². The normalized spacial score (nSPS) is 8.71. The molecule has 0 fully saturated rings. The fourth-order valence-electron chi connectivity index (χ4n) is 0.544. The van der Waals surface area contributed by atoms with Crippen molar-refractivity contribution >= 4 is 47.3 Å². The largest absolute Gasteiger partial charge is 0.214 e. The van der Waals surface area contributed by atoms with Crippen LogP contribution >= 0.6 is 47.3 Å². The van der Waals surface area contributed by atoms with Crippen molar-refractivity contribution in [1.82, 2.24) is 0 Å². The summed E-state index contributed by atoms with van der Waals surface area (Å²) in [4.78, 5) is 8.73. The first-order chi connectivity index (χ1) is 6.72. The second-order valence-electron chi connectivity index (χ2n) is 2.15. The summed E-state index contributed by atoms with van der Waals surface area (Å²) in [5.41, 5.74) is 0. The Bertz CT molecular complexity index is 141. The molecule has 1 rings (SSSR count). The van der Waals surface area contributed by atoms with Crippen LogP contribution in [-0.2, 0) is 10.5 Å².